The highest BCUT2D eigenvalue weighted by Crippen LogP contribution is 2.27. The van der Waals surface area contributed by atoms with E-state index >= 15 is 0 Å². The molecule has 3 aromatic heterocycles. The number of amides is 1. The quantitative estimate of drug-likeness (QED) is 0.474. The number of aliphatic hydroxyl groups excluding tert-OH is 1. The average Bonchev–Trinajstić information content (AvgIpc) is 3.39. The highest BCUT2D eigenvalue weighted by molar-refractivity contribution is 5.93. The Labute approximate surface area is 191 Å². The van der Waals surface area contributed by atoms with Crippen LogP contribution in [0, 0.1) is 13.8 Å². The molecule has 8 heteroatoms. The lowest BCUT2D eigenvalue weighted by Gasteiger charge is -2.30. The molecule has 1 aliphatic heterocycles. The molecule has 4 aromatic rings. The third kappa shape index (κ3) is 4.40. The summed E-state index contributed by atoms with van der Waals surface area (Å²) in [5.41, 5.74) is 6.37. The predicted molar refractivity (Wildman–Crippen MR) is 124 cm³/mol. The number of benzene rings is 1. The number of aryl methyl sites for hydroxylation is 2. The number of rotatable bonds is 6. The molecular weight excluding hydrogens is 418 g/mol. The van der Waals surface area contributed by atoms with Gasteiger partial charge in [0.05, 0.1) is 11.8 Å². The van der Waals surface area contributed by atoms with Gasteiger partial charge in [0.15, 0.2) is 0 Å². The molecule has 0 fully saturated rings. The molecule has 2 N–H and O–H groups in total. The summed E-state index contributed by atoms with van der Waals surface area (Å²) in [7, 11) is 0. The van der Waals surface area contributed by atoms with Crippen LogP contribution in [-0.2, 0) is 13.0 Å². The lowest BCUT2D eigenvalue weighted by Crippen LogP contribution is -2.42. The Kier molecular flexibility index (Phi) is 5.70. The van der Waals surface area contributed by atoms with Crippen LogP contribution in [0.25, 0.3) is 16.8 Å². The van der Waals surface area contributed by atoms with Crippen LogP contribution in [0.3, 0.4) is 0 Å². The molecule has 0 aliphatic carbocycles. The molecule has 0 unspecified atom stereocenters. The molecule has 0 saturated carbocycles. The van der Waals surface area contributed by atoms with E-state index in [0.717, 1.165) is 42.1 Å². The zero-order valence-electron chi connectivity index (χ0n) is 18.8. The minimum Gasteiger partial charge on any atom is -0.390 e. The summed E-state index contributed by atoms with van der Waals surface area (Å²) >= 11 is 0. The first-order valence-electron chi connectivity index (χ1n) is 11.2. The largest absolute Gasteiger partial charge is 0.390 e. The molecule has 0 radical (unpaired) electrons. The second-order valence-electron chi connectivity index (χ2n) is 8.63. The van der Waals surface area contributed by atoms with Gasteiger partial charge in [0, 0.05) is 49.7 Å². The van der Waals surface area contributed by atoms with Crippen molar-refractivity contribution in [3.63, 3.8) is 0 Å². The Hall–Kier alpha value is -3.49. The van der Waals surface area contributed by atoms with Crippen LogP contribution in [0.4, 0.5) is 0 Å². The highest BCUT2D eigenvalue weighted by atomic mass is 16.5. The summed E-state index contributed by atoms with van der Waals surface area (Å²) in [6.07, 6.45) is 3.93. The van der Waals surface area contributed by atoms with Crippen LogP contribution in [-0.4, -0.2) is 56.2 Å². The van der Waals surface area contributed by atoms with Crippen LogP contribution < -0.4 is 5.32 Å². The van der Waals surface area contributed by atoms with Gasteiger partial charge in [0.2, 0.25) is 0 Å². The fourth-order valence-corrected chi connectivity index (χ4v) is 4.52. The Balaban J connectivity index is 1.20. The molecular formula is C25H27N5O3. The van der Waals surface area contributed by atoms with E-state index in [2.05, 4.69) is 38.6 Å². The van der Waals surface area contributed by atoms with Crippen molar-refractivity contribution < 1.29 is 14.4 Å². The Morgan fingerprint density at radius 1 is 1.18 bits per heavy atom. The van der Waals surface area contributed by atoms with Gasteiger partial charge in [-0.15, -0.1) is 0 Å². The van der Waals surface area contributed by atoms with E-state index < -0.39 is 6.10 Å². The summed E-state index contributed by atoms with van der Waals surface area (Å²) in [4.78, 5) is 19.3. The number of hydrogen-bond acceptors (Lipinski definition) is 6. The summed E-state index contributed by atoms with van der Waals surface area (Å²) in [6.45, 7) is 6.19. The number of nitrogens with one attached hydrogen (secondary N) is 1. The van der Waals surface area contributed by atoms with Crippen molar-refractivity contribution in [1.82, 2.24) is 24.8 Å². The molecule has 170 valence electrons. The van der Waals surface area contributed by atoms with Crippen molar-refractivity contribution in [1.29, 1.82) is 0 Å². The first-order chi connectivity index (χ1) is 16.0. The standard InChI is InChI=1S/C25H27N5O3/c1-16-24(17(2)33-28-16)20-7-8-23-27-22(15-30(23)13-20)25(32)26-11-21(31)14-29-10-9-18-5-3-4-6-19(18)12-29/h3-8,13,15,21,31H,9-12,14H2,1-2H3,(H,26,32)/t21-/m0/s1. The van der Waals surface area contributed by atoms with Gasteiger partial charge in [-0.05, 0) is 43.5 Å². The summed E-state index contributed by atoms with van der Waals surface area (Å²) in [5.74, 6) is 0.441. The van der Waals surface area contributed by atoms with Crippen molar-refractivity contribution >= 4 is 11.6 Å². The SMILES string of the molecule is Cc1noc(C)c1-c1ccc2nc(C(=O)NC[C@H](O)CN3CCc4ccccc4C3)cn2c1. The van der Waals surface area contributed by atoms with Gasteiger partial charge in [-0.25, -0.2) is 4.98 Å². The van der Waals surface area contributed by atoms with Crippen molar-refractivity contribution in [2.75, 3.05) is 19.6 Å². The van der Waals surface area contributed by atoms with Gasteiger partial charge in [-0.3, -0.25) is 9.69 Å². The number of β-amino-alcohol motifs (C(OH)–C–C–N with tert-alkyl or cyclic N) is 1. The molecule has 1 amide bonds. The summed E-state index contributed by atoms with van der Waals surface area (Å²) < 4.78 is 7.08. The maximum atomic E-state index is 12.7. The van der Waals surface area contributed by atoms with Gasteiger partial charge >= 0.3 is 0 Å². The number of imidazole rings is 1. The van der Waals surface area contributed by atoms with Crippen LogP contribution in [0.5, 0.6) is 0 Å². The zero-order valence-corrected chi connectivity index (χ0v) is 18.8. The number of hydrogen-bond donors (Lipinski definition) is 2. The second-order valence-corrected chi connectivity index (χ2v) is 8.63. The molecule has 1 aliphatic rings. The average molecular weight is 446 g/mol. The van der Waals surface area contributed by atoms with Gasteiger partial charge in [-0.1, -0.05) is 29.4 Å². The van der Waals surface area contributed by atoms with E-state index in [1.54, 1.807) is 6.20 Å². The fraction of sp³-hybridized carbons (Fsp3) is 0.320. The predicted octanol–water partition coefficient (Wildman–Crippen LogP) is 2.76. The summed E-state index contributed by atoms with van der Waals surface area (Å²) in [5, 5.41) is 17.3. The van der Waals surface area contributed by atoms with Crippen LogP contribution in [0.2, 0.25) is 0 Å². The smallest absolute Gasteiger partial charge is 0.271 e. The van der Waals surface area contributed by atoms with E-state index in [-0.39, 0.29) is 12.5 Å². The number of nitrogens with zero attached hydrogens (tertiary/aromatic N) is 4. The number of pyridine rings is 1. The topological polar surface area (TPSA) is 95.9 Å². The highest BCUT2D eigenvalue weighted by Gasteiger charge is 2.20. The van der Waals surface area contributed by atoms with Crippen LogP contribution in [0.15, 0.2) is 53.3 Å². The van der Waals surface area contributed by atoms with Gasteiger partial charge in [0.25, 0.3) is 5.91 Å². The molecule has 0 saturated heterocycles. The van der Waals surface area contributed by atoms with E-state index in [1.807, 2.05) is 42.6 Å². The van der Waals surface area contributed by atoms with E-state index in [1.165, 1.54) is 11.1 Å². The Morgan fingerprint density at radius 2 is 2.00 bits per heavy atom. The number of carbonyl (C=O) groups excluding carboxylic acids is 1. The fourth-order valence-electron chi connectivity index (χ4n) is 4.52. The number of carbonyl (C=O) groups is 1. The van der Waals surface area contributed by atoms with E-state index in [9.17, 15) is 9.90 Å². The number of aliphatic hydroxyl groups is 1. The van der Waals surface area contributed by atoms with Crippen molar-refractivity contribution in [3.8, 4) is 11.1 Å². The number of aromatic nitrogens is 3. The molecule has 8 nitrogen and oxygen atoms in total. The van der Waals surface area contributed by atoms with Crippen molar-refractivity contribution in [2.24, 2.45) is 0 Å². The minimum atomic E-state index is -0.651. The molecule has 5 rings (SSSR count). The minimum absolute atomic E-state index is 0.176. The first-order valence-corrected chi connectivity index (χ1v) is 11.2. The molecule has 4 heterocycles. The second kappa shape index (κ2) is 8.80. The molecule has 0 spiro atoms. The number of fused-ring (bicyclic) bond motifs is 2. The van der Waals surface area contributed by atoms with E-state index in [0.29, 0.717) is 17.9 Å². The third-order valence-corrected chi connectivity index (χ3v) is 6.18. The van der Waals surface area contributed by atoms with Crippen molar-refractivity contribution in [2.45, 2.75) is 32.9 Å². The normalized spacial score (nSPS) is 14.9. The van der Waals surface area contributed by atoms with Crippen LogP contribution in [0.1, 0.15) is 33.1 Å². The van der Waals surface area contributed by atoms with Crippen LogP contribution >= 0.6 is 0 Å². The third-order valence-electron chi connectivity index (χ3n) is 6.18. The zero-order chi connectivity index (χ0) is 22.9. The molecule has 0 bridgehead atoms. The van der Waals surface area contributed by atoms with Crippen molar-refractivity contribution in [3.05, 3.63) is 77.1 Å². The lowest BCUT2D eigenvalue weighted by atomic mass is 10.00. The molecule has 1 aromatic carbocycles. The van der Waals surface area contributed by atoms with Gasteiger partial charge in [-0.2, -0.15) is 0 Å². The van der Waals surface area contributed by atoms with Gasteiger partial charge < -0.3 is 19.3 Å². The Morgan fingerprint density at radius 3 is 2.79 bits per heavy atom. The summed E-state index contributed by atoms with van der Waals surface area (Å²) in [6, 6.07) is 12.2. The van der Waals surface area contributed by atoms with E-state index in [4.69, 9.17) is 4.52 Å². The maximum absolute atomic E-state index is 12.7. The molecule has 33 heavy (non-hydrogen) atoms. The Bertz CT molecular complexity index is 1290. The monoisotopic (exact) mass is 445 g/mol. The maximum Gasteiger partial charge on any atom is 0.271 e. The lowest BCUT2D eigenvalue weighted by molar-refractivity contribution is 0.0838. The molecule has 1 atom stereocenters. The first kappa shape index (κ1) is 21.4. The van der Waals surface area contributed by atoms with Gasteiger partial charge in [0.1, 0.15) is 17.1 Å².